The van der Waals surface area contributed by atoms with E-state index in [0.717, 1.165) is 6.42 Å². The molecule has 76 valence electrons. The third-order valence-corrected chi connectivity index (χ3v) is 2.84. The minimum atomic E-state index is -2.51. The van der Waals surface area contributed by atoms with E-state index in [9.17, 15) is 8.78 Å². The second-order valence-electron chi connectivity index (χ2n) is 3.96. The van der Waals surface area contributed by atoms with E-state index in [0.29, 0.717) is 26.1 Å². The number of hydrogen-bond acceptors (Lipinski definition) is 2. The highest BCUT2D eigenvalue weighted by Gasteiger charge is 2.42. The summed E-state index contributed by atoms with van der Waals surface area (Å²) in [5.41, 5.74) is 0. The maximum Gasteiger partial charge on any atom is 0.263 e. The molecule has 2 rings (SSSR count). The quantitative estimate of drug-likeness (QED) is 0.715. The van der Waals surface area contributed by atoms with Crippen molar-refractivity contribution in [3.8, 4) is 0 Å². The highest BCUT2D eigenvalue weighted by Crippen LogP contribution is 2.33. The van der Waals surface area contributed by atoms with Gasteiger partial charge in [-0.05, 0) is 12.8 Å². The van der Waals surface area contributed by atoms with E-state index in [4.69, 9.17) is 4.74 Å². The molecule has 1 saturated heterocycles. The Morgan fingerprint density at radius 2 is 2.00 bits per heavy atom. The van der Waals surface area contributed by atoms with Crippen molar-refractivity contribution in [1.29, 1.82) is 0 Å². The van der Waals surface area contributed by atoms with Gasteiger partial charge in [-0.1, -0.05) is 6.42 Å². The zero-order chi connectivity index (χ0) is 9.31. The van der Waals surface area contributed by atoms with Crippen LogP contribution in [0.5, 0.6) is 0 Å². The predicted molar refractivity (Wildman–Crippen MR) is 44.9 cm³/mol. The van der Waals surface area contributed by atoms with Crippen molar-refractivity contribution >= 4 is 0 Å². The van der Waals surface area contributed by atoms with Crippen LogP contribution in [0.3, 0.4) is 0 Å². The molecule has 2 aliphatic rings. The van der Waals surface area contributed by atoms with E-state index in [2.05, 4.69) is 5.32 Å². The van der Waals surface area contributed by atoms with Gasteiger partial charge in [-0.15, -0.1) is 0 Å². The minimum absolute atomic E-state index is 0.0399. The number of rotatable bonds is 2. The van der Waals surface area contributed by atoms with Crippen LogP contribution < -0.4 is 5.32 Å². The van der Waals surface area contributed by atoms with Crippen molar-refractivity contribution in [2.75, 3.05) is 13.2 Å². The van der Waals surface area contributed by atoms with Gasteiger partial charge in [-0.3, -0.25) is 0 Å². The second-order valence-corrected chi connectivity index (χ2v) is 3.96. The van der Waals surface area contributed by atoms with Crippen LogP contribution in [0.2, 0.25) is 0 Å². The van der Waals surface area contributed by atoms with Gasteiger partial charge in [-0.25, -0.2) is 8.78 Å². The molecule has 0 aromatic heterocycles. The Bertz CT molecular complexity index is 182. The maximum atomic E-state index is 13.3. The monoisotopic (exact) mass is 191 g/mol. The number of halogens is 2. The van der Waals surface area contributed by atoms with Crippen molar-refractivity contribution < 1.29 is 13.5 Å². The van der Waals surface area contributed by atoms with Crippen LogP contribution in [0.25, 0.3) is 0 Å². The molecule has 4 heteroatoms. The van der Waals surface area contributed by atoms with Crippen LogP contribution >= 0.6 is 0 Å². The fourth-order valence-electron chi connectivity index (χ4n) is 1.92. The lowest BCUT2D eigenvalue weighted by Gasteiger charge is -2.37. The Balaban J connectivity index is 1.87. The summed E-state index contributed by atoms with van der Waals surface area (Å²) in [6, 6.07) is -0.455. The van der Waals surface area contributed by atoms with E-state index in [1.54, 1.807) is 0 Å². The van der Waals surface area contributed by atoms with Gasteiger partial charge in [0, 0.05) is 6.42 Å². The molecule has 0 aromatic carbocycles. The van der Waals surface area contributed by atoms with Crippen LogP contribution in [0.15, 0.2) is 0 Å². The van der Waals surface area contributed by atoms with Crippen LogP contribution in [0.1, 0.15) is 25.7 Å². The molecule has 1 aliphatic carbocycles. The van der Waals surface area contributed by atoms with Crippen LogP contribution in [-0.4, -0.2) is 31.2 Å². The molecule has 1 saturated carbocycles. The molecule has 0 amide bonds. The normalized spacial score (nSPS) is 34.2. The molecule has 1 heterocycles. The summed E-state index contributed by atoms with van der Waals surface area (Å²) in [7, 11) is 0. The van der Waals surface area contributed by atoms with Crippen LogP contribution in [0.4, 0.5) is 8.78 Å². The third kappa shape index (κ3) is 1.99. The van der Waals surface area contributed by atoms with Gasteiger partial charge < -0.3 is 10.1 Å². The molecule has 0 bridgehead atoms. The maximum absolute atomic E-state index is 13.3. The van der Waals surface area contributed by atoms with E-state index in [1.165, 1.54) is 0 Å². The van der Waals surface area contributed by atoms with Gasteiger partial charge >= 0.3 is 0 Å². The van der Waals surface area contributed by atoms with E-state index in [-0.39, 0.29) is 12.5 Å². The number of ether oxygens (including phenoxy) is 1. The summed E-state index contributed by atoms with van der Waals surface area (Å²) in [6.07, 6.45) is 2.22. The molecule has 0 radical (unpaired) electrons. The molecule has 0 spiro atoms. The van der Waals surface area contributed by atoms with Crippen molar-refractivity contribution in [2.24, 2.45) is 0 Å². The average molecular weight is 191 g/mol. The average Bonchev–Trinajstić information content (AvgIpc) is 1.98. The van der Waals surface area contributed by atoms with Crippen LogP contribution in [-0.2, 0) is 4.74 Å². The van der Waals surface area contributed by atoms with Crippen molar-refractivity contribution in [3.05, 3.63) is 0 Å². The Morgan fingerprint density at radius 3 is 2.54 bits per heavy atom. The first kappa shape index (κ1) is 9.34. The Labute approximate surface area is 76.6 Å². The topological polar surface area (TPSA) is 21.3 Å². The summed E-state index contributed by atoms with van der Waals surface area (Å²) >= 11 is 0. The predicted octanol–water partition coefficient (Wildman–Crippen LogP) is 1.55. The summed E-state index contributed by atoms with van der Waals surface area (Å²) in [6.45, 7) is 1.18. The second kappa shape index (κ2) is 3.50. The molecule has 2 fully saturated rings. The number of nitrogens with one attached hydrogen (secondary N) is 1. The van der Waals surface area contributed by atoms with Gasteiger partial charge in [0.1, 0.15) is 0 Å². The summed E-state index contributed by atoms with van der Waals surface area (Å²) < 4.78 is 31.5. The largest absolute Gasteiger partial charge is 0.378 e. The van der Waals surface area contributed by atoms with Crippen LogP contribution in [0, 0.1) is 0 Å². The van der Waals surface area contributed by atoms with E-state index in [1.807, 2.05) is 0 Å². The van der Waals surface area contributed by atoms with Gasteiger partial charge in [0.2, 0.25) is 0 Å². The smallest absolute Gasteiger partial charge is 0.263 e. The van der Waals surface area contributed by atoms with Gasteiger partial charge in [0.15, 0.2) is 0 Å². The first-order valence-corrected chi connectivity index (χ1v) is 4.90. The lowest BCUT2D eigenvalue weighted by atomic mass is 9.91. The summed E-state index contributed by atoms with van der Waals surface area (Å²) in [4.78, 5) is 0. The molecule has 0 aromatic rings. The highest BCUT2D eigenvalue weighted by molar-refractivity contribution is 4.90. The molecule has 1 unspecified atom stereocenters. The standard InChI is InChI=1S/C9H15F2NO/c10-9(11)4-2-1-3-8(9)12-7-5-13-6-7/h7-8,12H,1-6H2. The first-order valence-electron chi connectivity index (χ1n) is 4.90. The highest BCUT2D eigenvalue weighted by atomic mass is 19.3. The van der Waals surface area contributed by atoms with Gasteiger partial charge in [0.05, 0.1) is 25.3 Å². The molecular formula is C9H15F2NO. The minimum Gasteiger partial charge on any atom is -0.378 e. The van der Waals surface area contributed by atoms with E-state index < -0.39 is 12.0 Å². The lowest BCUT2D eigenvalue weighted by molar-refractivity contribution is -0.0873. The Morgan fingerprint density at radius 1 is 1.23 bits per heavy atom. The Kier molecular flexibility index (Phi) is 2.51. The fraction of sp³-hybridized carbons (Fsp3) is 1.00. The Hall–Kier alpha value is -0.220. The number of hydrogen-bond donors (Lipinski definition) is 1. The van der Waals surface area contributed by atoms with Crippen molar-refractivity contribution in [3.63, 3.8) is 0 Å². The molecule has 2 nitrogen and oxygen atoms in total. The van der Waals surface area contributed by atoms with Gasteiger partial charge in [0.25, 0.3) is 5.92 Å². The number of alkyl halides is 2. The summed E-state index contributed by atoms with van der Waals surface area (Å²) in [5.74, 6) is -2.51. The SMILES string of the molecule is FC1(F)CCCCC1NC1COC1. The fourth-order valence-corrected chi connectivity index (χ4v) is 1.92. The molecular weight excluding hydrogens is 176 g/mol. The zero-order valence-corrected chi connectivity index (χ0v) is 7.56. The summed E-state index contributed by atoms with van der Waals surface area (Å²) in [5, 5.41) is 2.97. The first-order chi connectivity index (χ1) is 6.18. The van der Waals surface area contributed by atoms with Crippen molar-refractivity contribution in [1.82, 2.24) is 5.32 Å². The molecule has 1 aliphatic heterocycles. The zero-order valence-electron chi connectivity index (χ0n) is 7.56. The molecule has 13 heavy (non-hydrogen) atoms. The molecule has 1 atom stereocenters. The third-order valence-electron chi connectivity index (χ3n) is 2.84. The lowest BCUT2D eigenvalue weighted by Crippen LogP contribution is -2.57. The van der Waals surface area contributed by atoms with Gasteiger partial charge in [-0.2, -0.15) is 0 Å². The van der Waals surface area contributed by atoms with Crippen molar-refractivity contribution in [2.45, 2.75) is 43.7 Å². The van der Waals surface area contributed by atoms with E-state index >= 15 is 0 Å². The molecule has 1 N–H and O–H groups in total.